The molecule has 1 aromatic carbocycles. The van der Waals surface area contributed by atoms with Gasteiger partial charge in [-0.25, -0.2) is 0 Å². The van der Waals surface area contributed by atoms with Gasteiger partial charge >= 0.3 is 46.6 Å². The number of hydrogen-bond acceptors (Lipinski definition) is 8. The standard InChI is InChI=1S/C6H4N4O7.Na.H/c7-4-2(8(12)13)1-3(9(14)15)6(11)5(4)10(16)17;;/h1,11H,7H2;;. The van der Waals surface area contributed by atoms with E-state index in [1.54, 1.807) is 0 Å². The molecule has 0 fully saturated rings. The van der Waals surface area contributed by atoms with Crippen LogP contribution < -0.4 is 5.73 Å². The van der Waals surface area contributed by atoms with E-state index in [0.29, 0.717) is 6.07 Å². The summed E-state index contributed by atoms with van der Waals surface area (Å²) in [5, 5.41) is 40.7. The van der Waals surface area contributed by atoms with Crippen LogP contribution in [0.3, 0.4) is 0 Å². The molecule has 0 aromatic heterocycles. The van der Waals surface area contributed by atoms with Gasteiger partial charge in [0.05, 0.1) is 14.8 Å². The summed E-state index contributed by atoms with van der Waals surface area (Å²) >= 11 is 0. The van der Waals surface area contributed by atoms with Crippen molar-refractivity contribution >= 4 is 52.3 Å². The summed E-state index contributed by atoms with van der Waals surface area (Å²) in [5.74, 6) is -1.32. The minimum absolute atomic E-state index is 0. The molecule has 0 amide bonds. The van der Waals surface area contributed by atoms with Gasteiger partial charge < -0.3 is 10.8 Å². The van der Waals surface area contributed by atoms with E-state index in [1.165, 1.54) is 0 Å². The third-order valence-electron chi connectivity index (χ3n) is 1.85. The van der Waals surface area contributed by atoms with Crippen molar-refractivity contribution in [3.05, 3.63) is 36.4 Å². The van der Waals surface area contributed by atoms with Crippen LogP contribution in [-0.2, 0) is 0 Å². The molecule has 0 aliphatic heterocycles. The molecule has 0 saturated carbocycles. The van der Waals surface area contributed by atoms with E-state index in [4.69, 9.17) is 5.73 Å². The number of nitro groups is 3. The first kappa shape index (κ1) is 16.0. The van der Waals surface area contributed by atoms with Crippen molar-refractivity contribution in [3.63, 3.8) is 0 Å². The zero-order valence-corrected chi connectivity index (χ0v) is 7.89. The predicted octanol–water partition coefficient (Wildman–Crippen LogP) is 0.0505. The maximum atomic E-state index is 10.5. The molecule has 0 bridgehead atoms. The number of aromatic hydroxyl groups is 1. The van der Waals surface area contributed by atoms with Gasteiger partial charge in [0.1, 0.15) is 6.07 Å². The van der Waals surface area contributed by atoms with E-state index in [-0.39, 0.29) is 29.6 Å². The first-order valence-corrected chi connectivity index (χ1v) is 3.86. The first-order chi connectivity index (χ1) is 7.77. The number of nitro benzene ring substituents is 3. The molecule has 0 spiro atoms. The van der Waals surface area contributed by atoms with E-state index < -0.39 is 43.3 Å². The minimum atomic E-state index is -1.32. The molecule has 92 valence electrons. The molecule has 12 heteroatoms. The van der Waals surface area contributed by atoms with Crippen LogP contribution in [0, 0.1) is 30.3 Å². The third kappa shape index (κ3) is 2.64. The number of nitrogens with two attached hydrogens (primary N) is 1. The third-order valence-corrected chi connectivity index (χ3v) is 1.85. The Balaban J connectivity index is 0.00000289. The average molecular weight is 268 g/mol. The average Bonchev–Trinajstić information content (AvgIpc) is 2.15. The fourth-order valence-electron chi connectivity index (χ4n) is 1.12. The van der Waals surface area contributed by atoms with Crippen LogP contribution in [0.4, 0.5) is 22.7 Å². The van der Waals surface area contributed by atoms with E-state index >= 15 is 0 Å². The van der Waals surface area contributed by atoms with E-state index in [0.717, 1.165) is 0 Å². The molecule has 18 heavy (non-hydrogen) atoms. The van der Waals surface area contributed by atoms with Gasteiger partial charge in [-0.2, -0.15) is 0 Å². The number of phenolic OH excluding ortho intramolecular Hbond substituents is 1. The van der Waals surface area contributed by atoms with Crippen LogP contribution in [0.15, 0.2) is 6.07 Å². The second-order valence-electron chi connectivity index (χ2n) is 2.80. The summed E-state index contributed by atoms with van der Waals surface area (Å²) < 4.78 is 0. The maximum absolute atomic E-state index is 10.5. The van der Waals surface area contributed by atoms with Gasteiger partial charge in [0.2, 0.25) is 0 Å². The Morgan fingerprint density at radius 2 is 1.44 bits per heavy atom. The van der Waals surface area contributed by atoms with Gasteiger partial charge in [0.25, 0.3) is 5.75 Å². The molecule has 0 heterocycles. The van der Waals surface area contributed by atoms with Crippen molar-refractivity contribution in [3.8, 4) is 5.75 Å². The molecular weight excluding hydrogens is 263 g/mol. The van der Waals surface area contributed by atoms with Gasteiger partial charge in [0.15, 0.2) is 5.69 Å². The Morgan fingerprint density at radius 3 is 1.78 bits per heavy atom. The molecule has 0 unspecified atom stereocenters. The summed E-state index contributed by atoms with van der Waals surface area (Å²) in [4.78, 5) is 27.9. The second kappa shape index (κ2) is 5.57. The van der Waals surface area contributed by atoms with Crippen molar-refractivity contribution in [2.75, 3.05) is 5.73 Å². The Hall–Kier alpha value is -1.98. The quantitative estimate of drug-likeness (QED) is 0.334. The zero-order chi connectivity index (χ0) is 13.3. The number of rotatable bonds is 3. The van der Waals surface area contributed by atoms with Crippen molar-refractivity contribution in [1.82, 2.24) is 0 Å². The van der Waals surface area contributed by atoms with Crippen molar-refractivity contribution in [2.45, 2.75) is 0 Å². The number of nitrogen functional groups attached to an aromatic ring is 1. The first-order valence-electron chi connectivity index (χ1n) is 3.86. The van der Waals surface area contributed by atoms with E-state index in [2.05, 4.69) is 0 Å². The molecule has 0 atom stereocenters. The van der Waals surface area contributed by atoms with Crippen LogP contribution in [-0.4, -0.2) is 49.4 Å². The topological polar surface area (TPSA) is 176 Å². The number of hydrogen-bond donors (Lipinski definition) is 2. The number of nitrogens with zero attached hydrogens (tertiary/aromatic N) is 3. The summed E-state index contributed by atoms with van der Waals surface area (Å²) in [7, 11) is 0. The summed E-state index contributed by atoms with van der Waals surface area (Å²) in [6.07, 6.45) is 0. The van der Waals surface area contributed by atoms with Crippen LogP contribution in [0.25, 0.3) is 0 Å². The molecule has 11 nitrogen and oxygen atoms in total. The Bertz CT molecular complexity index is 507. The van der Waals surface area contributed by atoms with Gasteiger partial charge in [0, 0.05) is 0 Å². The Kier molecular flexibility index (Phi) is 4.96. The monoisotopic (exact) mass is 268 g/mol. The fourth-order valence-corrected chi connectivity index (χ4v) is 1.12. The molecule has 3 N–H and O–H groups in total. The summed E-state index contributed by atoms with van der Waals surface area (Å²) in [6.45, 7) is 0. The summed E-state index contributed by atoms with van der Waals surface area (Å²) in [6, 6.07) is 0.359. The molecular formula is C6H5N4NaO7. The molecule has 1 rings (SSSR count). The van der Waals surface area contributed by atoms with Crippen molar-refractivity contribution in [2.24, 2.45) is 0 Å². The van der Waals surface area contributed by atoms with E-state index in [9.17, 15) is 35.4 Å². The van der Waals surface area contributed by atoms with Gasteiger partial charge in [-0.3, -0.25) is 30.3 Å². The summed E-state index contributed by atoms with van der Waals surface area (Å²) in [5.41, 5.74) is 0.721. The van der Waals surface area contributed by atoms with E-state index in [1.807, 2.05) is 0 Å². The second-order valence-corrected chi connectivity index (χ2v) is 2.80. The van der Waals surface area contributed by atoms with Crippen LogP contribution >= 0.6 is 0 Å². The molecule has 0 aliphatic rings. The van der Waals surface area contributed by atoms with Crippen LogP contribution in [0.5, 0.6) is 5.75 Å². The molecule has 1 aromatic rings. The normalized spacial score (nSPS) is 9.33. The van der Waals surface area contributed by atoms with Gasteiger partial charge in [-0.15, -0.1) is 0 Å². The molecule has 0 aliphatic carbocycles. The SMILES string of the molecule is Nc1c([N+](=O)[O-])cc([N+](=O)[O-])c(O)c1[N+](=O)[O-].[NaH]. The number of benzene rings is 1. The molecule has 0 radical (unpaired) electrons. The van der Waals surface area contributed by atoms with Crippen LogP contribution in [0.2, 0.25) is 0 Å². The number of anilines is 1. The number of phenols is 1. The van der Waals surface area contributed by atoms with Crippen molar-refractivity contribution in [1.29, 1.82) is 0 Å². The van der Waals surface area contributed by atoms with Crippen LogP contribution in [0.1, 0.15) is 0 Å². The molecule has 0 saturated heterocycles. The Morgan fingerprint density at radius 1 is 1.00 bits per heavy atom. The van der Waals surface area contributed by atoms with Gasteiger partial charge in [-0.1, -0.05) is 0 Å². The Labute approximate surface area is 120 Å². The van der Waals surface area contributed by atoms with Gasteiger partial charge in [-0.05, 0) is 0 Å². The van der Waals surface area contributed by atoms with Crippen molar-refractivity contribution < 1.29 is 19.9 Å². The fraction of sp³-hybridized carbons (Fsp3) is 0. The predicted molar refractivity (Wildman–Crippen MR) is 59.6 cm³/mol. The zero-order valence-electron chi connectivity index (χ0n) is 7.89.